The third-order valence-corrected chi connectivity index (χ3v) is 3.91. The van der Waals surface area contributed by atoms with Gasteiger partial charge in [-0.15, -0.1) is 0 Å². The molecule has 0 spiro atoms. The Kier molecular flexibility index (Phi) is 2.64. The Balaban J connectivity index is 1.59. The fourth-order valence-corrected chi connectivity index (χ4v) is 2.52. The molecule has 0 bridgehead atoms. The summed E-state index contributed by atoms with van der Waals surface area (Å²) >= 11 is 0. The van der Waals surface area contributed by atoms with Gasteiger partial charge in [-0.25, -0.2) is 0 Å². The smallest absolute Gasteiger partial charge is 0.227 e. The molecule has 0 aromatic heterocycles. The van der Waals surface area contributed by atoms with E-state index in [-0.39, 0.29) is 12.0 Å². The van der Waals surface area contributed by atoms with E-state index in [9.17, 15) is 4.79 Å². The molecule has 4 heteroatoms. The van der Waals surface area contributed by atoms with Crippen LogP contribution in [0, 0.1) is 11.8 Å². The fraction of sp³-hybridized carbons (Fsp3) is 0.917. The molecular formula is C12H20N2O2. The van der Waals surface area contributed by atoms with Gasteiger partial charge in [0.25, 0.3) is 0 Å². The average Bonchev–Trinajstić information content (AvgIpc) is 3.17. The second-order valence-electron chi connectivity index (χ2n) is 5.46. The normalized spacial score (nSPS) is 37.4. The number of amides is 1. The zero-order chi connectivity index (χ0) is 11.1. The monoisotopic (exact) mass is 224 g/mol. The van der Waals surface area contributed by atoms with Crippen molar-refractivity contribution in [2.75, 3.05) is 19.8 Å². The van der Waals surface area contributed by atoms with Crippen molar-refractivity contribution in [1.29, 1.82) is 0 Å². The lowest BCUT2D eigenvalue weighted by Gasteiger charge is -2.25. The molecule has 90 valence electrons. The van der Waals surface area contributed by atoms with Gasteiger partial charge in [0.05, 0.1) is 12.5 Å². The molecule has 0 radical (unpaired) electrons. The van der Waals surface area contributed by atoms with Crippen LogP contribution in [0.2, 0.25) is 0 Å². The number of carbonyl (C=O) groups excluding carboxylic acids is 1. The van der Waals surface area contributed by atoms with E-state index in [1.807, 2.05) is 0 Å². The largest absolute Gasteiger partial charge is 0.381 e. The van der Waals surface area contributed by atoms with E-state index in [0.717, 1.165) is 32.6 Å². The zero-order valence-electron chi connectivity index (χ0n) is 9.60. The van der Waals surface area contributed by atoms with Crippen LogP contribution >= 0.6 is 0 Å². The van der Waals surface area contributed by atoms with E-state index in [0.29, 0.717) is 17.9 Å². The lowest BCUT2D eigenvalue weighted by atomic mass is 10.1. The van der Waals surface area contributed by atoms with Gasteiger partial charge in [0.15, 0.2) is 0 Å². The molecule has 0 aromatic rings. The third-order valence-electron chi connectivity index (χ3n) is 3.91. The minimum Gasteiger partial charge on any atom is -0.381 e. The van der Waals surface area contributed by atoms with Crippen LogP contribution in [0.4, 0.5) is 0 Å². The summed E-state index contributed by atoms with van der Waals surface area (Å²) in [4.78, 5) is 14.3. The lowest BCUT2D eigenvalue weighted by molar-refractivity contribution is -0.133. The van der Waals surface area contributed by atoms with E-state index in [2.05, 4.69) is 4.90 Å². The van der Waals surface area contributed by atoms with E-state index in [1.165, 1.54) is 12.8 Å². The Morgan fingerprint density at radius 2 is 2.12 bits per heavy atom. The SMILES string of the molecule is NC1CC1C(=O)N(CC1CCOC1)C1CC1. The number of ether oxygens (including phenoxy) is 1. The van der Waals surface area contributed by atoms with Gasteiger partial charge in [-0.1, -0.05) is 0 Å². The van der Waals surface area contributed by atoms with Crippen molar-refractivity contribution in [3.63, 3.8) is 0 Å². The number of hydrogen-bond donors (Lipinski definition) is 1. The van der Waals surface area contributed by atoms with Gasteiger partial charge in [0.1, 0.15) is 0 Å². The van der Waals surface area contributed by atoms with Gasteiger partial charge in [0, 0.05) is 31.2 Å². The van der Waals surface area contributed by atoms with Crippen molar-refractivity contribution < 1.29 is 9.53 Å². The highest BCUT2D eigenvalue weighted by Gasteiger charge is 2.46. The number of hydrogen-bond acceptors (Lipinski definition) is 3. The minimum atomic E-state index is 0.128. The van der Waals surface area contributed by atoms with Gasteiger partial charge in [-0.05, 0) is 25.7 Å². The molecule has 1 saturated heterocycles. The summed E-state index contributed by atoms with van der Waals surface area (Å²) in [5, 5.41) is 0. The number of nitrogens with two attached hydrogens (primary N) is 1. The van der Waals surface area contributed by atoms with Crippen LogP contribution in [0.5, 0.6) is 0 Å². The molecule has 16 heavy (non-hydrogen) atoms. The first-order valence-electron chi connectivity index (χ1n) is 6.39. The first-order valence-corrected chi connectivity index (χ1v) is 6.39. The molecule has 3 unspecified atom stereocenters. The number of rotatable bonds is 4. The summed E-state index contributed by atoms with van der Waals surface area (Å²) in [6, 6.07) is 0.648. The molecule has 3 rings (SSSR count). The van der Waals surface area contributed by atoms with Crippen LogP contribution in [0.25, 0.3) is 0 Å². The van der Waals surface area contributed by atoms with Crippen LogP contribution in [0.1, 0.15) is 25.7 Å². The van der Waals surface area contributed by atoms with E-state index in [1.54, 1.807) is 0 Å². The maximum atomic E-state index is 12.2. The zero-order valence-corrected chi connectivity index (χ0v) is 9.60. The van der Waals surface area contributed by atoms with Gasteiger partial charge in [0.2, 0.25) is 5.91 Å². The molecule has 2 saturated carbocycles. The second kappa shape index (κ2) is 4.00. The Morgan fingerprint density at radius 1 is 1.38 bits per heavy atom. The summed E-state index contributed by atoms with van der Waals surface area (Å²) in [7, 11) is 0. The van der Waals surface area contributed by atoms with Gasteiger partial charge in [-0.2, -0.15) is 0 Å². The standard InChI is InChI=1S/C12H20N2O2/c13-11-5-10(11)12(15)14(9-1-2-9)6-8-3-4-16-7-8/h8-11H,1-7,13H2. The first-order chi connectivity index (χ1) is 7.75. The first kappa shape index (κ1) is 10.5. The Labute approximate surface area is 96.1 Å². The molecule has 3 aliphatic rings. The molecule has 2 N–H and O–H groups in total. The highest BCUT2D eigenvalue weighted by atomic mass is 16.5. The van der Waals surface area contributed by atoms with E-state index in [4.69, 9.17) is 10.5 Å². The summed E-state index contributed by atoms with van der Waals surface area (Å²) < 4.78 is 5.37. The maximum absolute atomic E-state index is 12.2. The molecule has 1 aliphatic heterocycles. The molecule has 0 aromatic carbocycles. The van der Waals surface area contributed by atoms with Crippen LogP contribution in [-0.2, 0) is 9.53 Å². The van der Waals surface area contributed by atoms with Gasteiger partial charge >= 0.3 is 0 Å². The van der Waals surface area contributed by atoms with Crippen molar-refractivity contribution >= 4 is 5.91 Å². The Morgan fingerprint density at radius 3 is 2.62 bits per heavy atom. The van der Waals surface area contributed by atoms with Gasteiger partial charge in [-0.3, -0.25) is 4.79 Å². The van der Waals surface area contributed by atoms with E-state index < -0.39 is 0 Å². The van der Waals surface area contributed by atoms with Crippen molar-refractivity contribution in [3.05, 3.63) is 0 Å². The van der Waals surface area contributed by atoms with Crippen LogP contribution in [0.15, 0.2) is 0 Å². The summed E-state index contributed by atoms with van der Waals surface area (Å²) in [5.41, 5.74) is 5.76. The topological polar surface area (TPSA) is 55.6 Å². The highest BCUT2D eigenvalue weighted by molar-refractivity contribution is 5.83. The minimum absolute atomic E-state index is 0.128. The van der Waals surface area contributed by atoms with Crippen LogP contribution in [0.3, 0.4) is 0 Å². The lowest BCUT2D eigenvalue weighted by Crippen LogP contribution is -2.39. The van der Waals surface area contributed by atoms with Crippen molar-refractivity contribution in [3.8, 4) is 0 Å². The van der Waals surface area contributed by atoms with Crippen molar-refractivity contribution in [2.45, 2.75) is 37.8 Å². The molecule has 2 aliphatic carbocycles. The van der Waals surface area contributed by atoms with Gasteiger partial charge < -0.3 is 15.4 Å². The number of nitrogens with zero attached hydrogens (tertiary/aromatic N) is 1. The average molecular weight is 224 g/mol. The second-order valence-corrected chi connectivity index (χ2v) is 5.46. The van der Waals surface area contributed by atoms with Crippen molar-refractivity contribution in [1.82, 2.24) is 4.90 Å². The summed E-state index contributed by atoms with van der Waals surface area (Å²) in [6.07, 6.45) is 4.36. The molecular weight excluding hydrogens is 204 g/mol. The Hall–Kier alpha value is -0.610. The summed E-state index contributed by atoms with van der Waals surface area (Å²) in [5.74, 6) is 0.990. The van der Waals surface area contributed by atoms with Crippen LogP contribution in [-0.4, -0.2) is 42.6 Å². The highest BCUT2D eigenvalue weighted by Crippen LogP contribution is 2.36. The Bertz CT molecular complexity index is 285. The predicted octanol–water partition coefficient (Wildman–Crippen LogP) is 0.361. The fourth-order valence-electron chi connectivity index (χ4n) is 2.52. The van der Waals surface area contributed by atoms with Crippen molar-refractivity contribution in [2.24, 2.45) is 17.6 Å². The molecule has 1 heterocycles. The molecule has 3 atom stereocenters. The predicted molar refractivity (Wildman–Crippen MR) is 59.7 cm³/mol. The maximum Gasteiger partial charge on any atom is 0.227 e. The molecule has 3 fully saturated rings. The quantitative estimate of drug-likeness (QED) is 0.750. The summed E-state index contributed by atoms with van der Waals surface area (Å²) in [6.45, 7) is 2.58. The molecule has 4 nitrogen and oxygen atoms in total. The molecule has 1 amide bonds. The number of carbonyl (C=O) groups is 1. The van der Waals surface area contributed by atoms with E-state index >= 15 is 0 Å². The van der Waals surface area contributed by atoms with Crippen LogP contribution < -0.4 is 5.73 Å². The third kappa shape index (κ3) is 2.09.